The monoisotopic (exact) mass is 299 g/mol. The molecule has 2 aromatic rings. The molecule has 0 aliphatic carbocycles. The lowest BCUT2D eigenvalue weighted by molar-refractivity contribution is -0.911. The van der Waals surface area contributed by atoms with Crippen molar-refractivity contribution in [1.29, 1.82) is 0 Å². The van der Waals surface area contributed by atoms with Crippen molar-refractivity contribution in [3.05, 3.63) is 72.6 Å². The number of hydrogen-bond acceptors (Lipinski definition) is 1. The topological polar surface area (TPSA) is 29.6 Å². The minimum absolute atomic E-state index is 0.243. The van der Waals surface area contributed by atoms with Gasteiger partial charge in [0.25, 0.3) is 0 Å². The fourth-order valence-corrected chi connectivity index (χ4v) is 2.71. The lowest BCUT2D eigenvalue weighted by Crippen LogP contribution is -3.11. The molecule has 0 bridgehead atoms. The zero-order valence-corrected chi connectivity index (χ0v) is 13.4. The molecule has 0 aliphatic rings. The van der Waals surface area contributed by atoms with Crippen LogP contribution in [0, 0.1) is 0 Å². The standard InChI is InChI=1S/C19H26N2O/c1-3-12-20(16-19(22)4-2)15-18-11-8-13-21(18)14-17-9-6-5-7-10-17/h3,5-11,13,19,22H,1,4,12,14-16H2,2H3/p+1/t19-/m0/s1. The van der Waals surface area contributed by atoms with Crippen LogP contribution in [0.1, 0.15) is 24.6 Å². The molecule has 0 aliphatic heterocycles. The minimum atomic E-state index is -0.243. The number of nitrogens with zero attached hydrogens (tertiary/aromatic N) is 1. The Hall–Kier alpha value is -1.84. The fourth-order valence-electron chi connectivity index (χ4n) is 2.71. The molecule has 1 unspecified atom stereocenters. The normalized spacial score (nSPS) is 13.7. The number of aliphatic hydroxyl groups is 1. The zero-order chi connectivity index (χ0) is 15.8. The van der Waals surface area contributed by atoms with Crippen molar-refractivity contribution in [1.82, 2.24) is 4.57 Å². The van der Waals surface area contributed by atoms with Gasteiger partial charge in [0.15, 0.2) is 0 Å². The number of nitrogens with one attached hydrogen (secondary N) is 1. The van der Waals surface area contributed by atoms with Gasteiger partial charge in [0.1, 0.15) is 19.2 Å². The third kappa shape index (κ3) is 4.86. The first-order chi connectivity index (χ1) is 10.7. The molecule has 0 saturated heterocycles. The quantitative estimate of drug-likeness (QED) is 0.680. The van der Waals surface area contributed by atoms with E-state index in [1.165, 1.54) is 16.2 Å². The maximum absolute atomic E-state index is 9.93. The molecule has 0 spiro atoms. The summed E-state index contributed by atoms with van der Waals surface area (Å²) >= 11 is 0. The van der Waals surface area contributed by atoms with E-state index in [2.05, 4.69) is 53.7 Å². The molecular weight excluding hydrogens is 272 g/mol. The summed E-state index contributed by atoms with van der Waals surface area (Å²) in [7, 11) is 0. The highest BCUT2D eigenvalue weighted by atomic mass is 16.3. The molecule has 1 aromatic carbocycles. The summed E-state index contributed by atoms with van der Waals surface area (Å²) in [6.45, 7) is 9.29. The molecule has 0 radical (unpaired) electrons. The van der Waals surface area contributed by atoms with Gasteiger partial charge < -0.3 is 14.6 Å². The summed E-state index contributed by atoms with van der Waals surface area (Å²) in [6.07, 6.45) is 4.62. The van der Waals surface area contributed by atoms with Crippen LogP contribution in [0.4, 0.5) is 0 Å². The lowest BCUT2D eigenvalue weighted by Gasteiger charge is -2.21. The Balaban J connectivity index is 2.05. The van der Waals surface area contributed by atoms with Gasteiger partial charge in [-0.3, -0.25) is 0 Å². The second kappa shape index (κ2) is 8.57. The molecule has 0 saturated carbocycles. The van der Waals surface area contributed by atoms with Crippen molar-refractivity contribution < 1.29 is 10.0 Å². The van der Waals surface area contributed by atoms with Crippen molar-refractivity contribution in [3.63, 3.8) is 0 Å². The first-order valence-electron chi connectivity index (χ1n) is 8.03. The van der Waals surface area contributed by atoms with E-state index in [0.29, 0.717) is 0 Å². The van der Waals surface area contributed by atoms with E-state index in [4.69, 9.17) is 0 Å². The Morgan fingerprint density at radius 2 is 2.00 bits per heavy atom. The Labute approximate surface area is 133 Å². The molecule has 2 atom stereocenters. The minimum Gasteiger partial charge on any atom is -0.387 e. The van der Waals surface area contributed by atoms with Crippen molar-refractivity contribution in [2.75, 3.05) is 13.1 Å². The van der Waals surface area contributed by atoms with Crippen LogP contribution < -0.4 is 4.90 Å². The number of aliphatic hydroxyl groups excluding tert-OH is 1. The van der Waals surface area contributed by atoms with Gasteiger partial charge in [-0.25, -0.2) is 0 Å². The highest BCUT2D eigenvalue weighted by molar-refractivity contribution is 5.17. The summed E-state index contributed by atoms with van der Waals surface area (Å²) in [4.78, 5) is 1.34. The van der Waals surface area contributed by atoms with E-state index in [1.54, 1.807) is 0 Å². The van der Waals surface area contributed by atoms with E-state index in [9.17, 15) is 5.11 Å². The van der Waals surface area contributed by atoms with Crippen LogP contribution in [0.2, 0.25) is 0 Å². The molecule has 2 N–H and O–H groups in total. The molecule has 0 fully saturated rings. The molecule has 118 valence electrons. The predicted molar refractivity (Wildman–Crippen MR) is 90.9 cm³/mol. The molecule has 22 heavy (non-hydrogen) atoms. The van der Waals surface area contributed by atoms with Crippen molar-refractivity contribution in [3.8, 4) is 0 Å². The van der Waals surface area contributed by atoms with E-state index in [-0.39, 0.29) is 6.10 Å². The Kier molecular flexibility index (Phi) is 6.44. The van der Waals surface area contributed by atoms with Crippen LogP contribution in [0.25, 0.3) is 0 Å². The second-order valence-electron chi connectivity index (χ2n) is 5.80. The van der Waals surface area contributed by atoms with Crippen LogP contribution in [0.15, 0.2) is 61.3 Å². The van der Waals surface area contributed by atoms with Crippen molar-refractivity contribution in [2.24, 2.45) is 0 Å². The van der Waals surface area contributed by atoms with Gasteiger partial charge in [-0.2, -0.15) is 0 Å². The Bertz CT molecular complexity index is 562. The van der Waals surface area contributed by atoms with Crippen LogP contribution in [-0.2, 0) is 13.1 Å². The van der Waals surface area contributed by atoms with Gasteiger partial charge in [0.2, 0.25) is 0 Å². The Morgan fingerprint density at radius 3 is 2.68 bits per heavy atom. The highest BCUT2D eigenvalue weighted by Crippen LogP contribution is 2.07. The first kappa shape index (κ1) is 16.5. The maximum Gasteiger partial charge on any atom is 0.118 e. The molecule has 2 rings (SSSR count). The average Bonchev–Trinajstić information content (AvgIpc) is 2.95. The van der Waals surface area contributed by atoms with E-state index >= 15 is 0 Å². The molecule has 3 heteroatoms. The van der Waals surface area contributed by atoms with Crippen LogP contribution in [-0.4, -0.2) is 28.9 Å². The van der Waals surface area contributed by atoms with Crippen LogP contribution in [0.3, 0.4) is 0 Å². The number of quaternary nitrogens is 1. The van der Waals surface area contributed by atoms with Gasteiger partial charge in [0, 0.05) is 12.7 Å². The van der Waals surface area contributed by atoms with Gasteiger partial charge in [-0.1, -0.05) is 43.8 Å². The van der Waals surface area contributed by atoms with Crippen LogP contribution >= 0.6 is 0 Å². The average molecular weight is 299 g/mol. The number of hydrogen-bond donors (Lipinski definition) is 2. The Morgan fingerprint density at radius 1 is 1.23 bits per heavy atom. The molecule has 3 nitrogen and oxygen atoms in total. The second-order valence-corrected chi connectivity index (χ2v) is 5.80. The largest absolute Gasteiger partial charge is 0.387 e. The van der Waals surface area contributed by atoms with E-state index < -0.39 is 0 Å². The van der Waals surface area contributed by atoms with Crippen LogP contribution in [0.5, 0.6) is 0 Å². The van der Waals surface area contributed by atoms with E-state index in [1.807, 2.05) is 19.1 Å². The fraction of sp³-hybridized carbons (Fsp3) is 0.368. The molecule has 1 aromatic heterocycles. The summed E-state index contributed by atoms with van der Waals surface area (Å²) in [6, 6.07) is 14.8. The molecule has 0 amide bonds. The van der Waals surface area contributed by atoms with Gasteiger partial charge in [0.05, 0.1) is 12.2 Å². The van der Waals surface area contributed by atoms with E-state index in [0.717, 1.165) is 32.6 Å². The lowest BCUT2D eigenvalue weighted by atomic mass is 10.2. The maximum atomic E-state index is 9.93. The smallest absolute Gasteiger partial charge is 0.118 e. The SMILES string of the molecule is C=CC[NH+](Cc1cccn1Cc1ccccc1)C[C@@H](O)CC. The third-order valence-electron chi connectivity index (χ3n) is 3.98. The summed E-state index contributed by atoms with van der Waals surface area (Å²) < 4.78 is 2.29. The van der Waals surface area contributed by atoms with Crippen molar-refractivity contribution >= 4 is 0 Å². The number of aromatic nitrogens is 1. The van der Waals surface area contributed by atoms with Gasteiger partial charge in [-0.15, -0.1) is 0 Å². The first-order valence-corrected chi connectivity index (χ1v) is 8.03. The number of benzene rings is 1. The van der Waals surface area contributed by atoms with Gasteiger partial charge in [-0.05, 0) is 30.2 Å². The molecule has 1 heterocycles. The summed E-state index contributed by atoms with van der Waals surface area (Å²) in [5.41, 5.74) is 2.60. The highest BCUT2D eigenvalue weighted by Gasteiger charge is 2.15. The van der Waals surface area contributed by atoms with Gasteiger partial charge >= 0.3 is 0 Å². The summed E-state index contributed by atoms with van der Waals surface area (Å²) in [5.74, 6) is 0. The molecular formula is C19H27N2O+. The van der Waals surface area contributed by atoms with Crippen molar-refractivity contribution in [2.45, 2.75) is 32.5 Å². The third-order valence-corrected chi connectivity index (χ3v) is 3.98. The predicted octanol–water partition coefficient (Wildman–Crippen LogP) is 1.88. The zero-order valence-electron chi connectivity index (χ0n) is 13.4. The summed E-state index contributed by atoms with van der Waals surface area (Å²) in [5, 5.41) is 9.93. The number of rotatable bonds is 9.